The summed E-state index contributed by atoms with van der Waals surface area (Å²) in [5.74, 6) is -1.47. The highest BCUT2D eigenvalue weighted by Gasteiger charge is 2.30. The van der Waals surface area contributed by atoms with Crippen molar-refractivity contribution in [2.75, 3.05) is 0 Å². The zero-order valence-corrected chi connectivity index (χ0v) is 15.4. The molecule has 6 nitrogen and oxygen atoms in total. The molecule has 0 aliphatic heterocycles. The van der Waals surface area contributed by atoms with Crippen LogP contribution in [-0.2, 0) is 14.6 Å². The lowest BCUT2D eigenvalue weighted by Gasteiger charge is -2.16. The summed E-state index contributed by atoms with van der Waals surface area (Å²) >= 11 is 0. The molecule has 0 saturated heterocycles. The Morgan fingerprint density at radius 2 is 1.72 bits per heavy atom. The fourth-order valence-electron chi connectivity index (χ4n) is 3.12. The fraction of sp³-hybridized carbons (Fsp3) is 0.556. The van der Waals surface area contributed by atoms with E-state index < -0.39 is 27.8 Å². The van der Waals surface area contributed by atoms with Gasteiger partial charge in [-0.25, -0.2) is 13.2 Å². The number of hydrogen-bond acceptors (Lipinski definition) is 4. The Balaban J connectivity index is 2.10. The van der Waals surface area contributed by atoms with Gasteiger partial charge in [-0.15, -0.1) is 0 Å². The van der Waals surface area contributed by atoms with E-state index in [1.807, 2.05) is 13.8 Å². The normalized spacial score (nSPS) is 16.8. The maximum atomic E-state index is 12.5. The predicted molar refractivity (Wildman–Crippen MR) is 94.2 cm³/mol. The van der Waals surface area contributed by atoms with E-state index in [2.05, 4.69) is 5.32 Å². The van der Waals surface area contributed by atoms with Gasteiger partial charge in [0, 0.05) is 5.56 Å². The van der Waals surface area contributed by atoms with Gasteiger partial charge in [-0.3, -0.25) is 4.79 Å². The summed E-state index contributed by atoms with van der Waals surface area (Å²) in [6, 6.07) is 4.77. The molecule has 1 aromatic rings. The molecule has 1 amide bonds. The maximum Gasteiger partial charge on any atom is 0.326 e. The fourth-order valence-corrected chi connectivity index (χ4v) is 4.98. The van der Waals surface area contributed by atoms with E-state index in [-0.39, 0.29) is 21.6 Å². The summed E-state index contributed by atoms with van der Waals surface area (Å²) in [5.41, 5.74) is 0.250. The molecule has 7 heteroatoms. The minimum absolute atomic E-state index is 0.125. The molecule has 1 aliphatic carbocycles. The lowest BCUT2D eigenvalue weighted by atomic mass is 10.0. The van der Waals surface area contributed by atoms with E-state index in [1.165, 1.54) is 24.3 Å². The van der Waals surface area contributed by atoms with Crippen molar-refractivity contribution < 1.29 is 23.1 Å². The van der Waals surface area contributed by atoms with Gasteiger partial charge >= 0.3 is 5.97 Å². The molecule has 0 bridgehead atoms. The largest absolute Gasteiger partial charge is 0.480 e. The number of carbonyl (C=O) groups excluding carboxylic acids is 1. The molecule has 1 fully saturated rings. The molecule has 25 heavy (non-hydrogen) atoms. The predicted octanol–water partition coefficient (Wildman–Crippen LogP) is 2.63. The van der Waals surface area contributed by atoms with Gasteiger partial charge in [0.2, 0.25) is 0 Å². The zero-order chi connectivity index (χ0) is 18.6. The third-order valence-electron chi connectivity index (χ3n) is 4.50. The summed E-state index contributed by atoms with van der Waals surface area (Å²) in [6.45, 7) is 3.76. The number of aliphatic carboxylic acids is 1. The van der Waals surface area contributed by atoms with Crippen molar-refractivity contribution >= 4 is 21.7 Å². The lowest BCUT2D eigenvalue weighted by molar-refractivity contribution is -0.139. The number of hydrogen-bond donors (Lipinski definition) is 2. The van der Waals surface area contributed by atoms with Gasteiger partial charge in [0.05, 0.1) is 10.1 Å². The van der Waals surface area contributed by atoms with Crippen molar-refractivity contribution in [2.45, 2.75) is 62.1 Å². The van der Waals surface area contributed by atoms with Crippen LogP contribution in [0.4, 0.5) is 0 Å². The van der Waals surface area contributed by atoms with E-state index in [0.29, 0.717) is 19.3 Å². The molecule has 2 N–H and O–H groups in total. The molecule has 1 saturated carbocycles. The van der Waals surface area contributed by atoms with Crippen molar-refractivity contribution in [2.24, 2.45) is 5.92 Å². The van der Waals surface area contributed by atoms with Crippen LogP contribution in [0, 0.1) is 5.92 Å². The Morgan fingerprint density at radius 3 is 2.20 bits per heavy atom. The molecule has 0 aromatic heterocycles. The summed E-state index contributed by atoms with van der Waals surface area (Å²) in [5, 5.41) is 11.3. The molecule has 138 valence electrons. The molecule has 0 radical (unpaired) electrons. The van der Waals surface area contributed by atoms with E-state index in [1.54, 1.807) is 0 Å². The van der Waals surface area contributed by atoms with Gasteiger partial charge in [0.1, 0.15) is 6.04 Å². The quantitative estimate of drug-likeness (QED) is 0.771. The average Bonchev–Trinajstić information content (AvgIpc) is 3.09. The zero-order valence-electron chi connectivity index (χ0n) is 14.6. The molecule has 0 heterocycles. The third-order valence-corrected chi connectivity index (χ3v) is 6.77. The number of carboxylic acid groups (broad SMARTS) is 1. The van der Waals surface area contributed by atoms with Crippen LogP contribution in [0.2, 0.25) is 0 Å². The Hall–Kier alpha value is -1.89. The number of nitrogens with one attached hydrogen (secondary N) is 1. The Bertz CT molecular complexity index is 718. The highest BCUT2D eigenvalue weighted by molar-refractivity contribution is 7.92. The lowest BCUT2D eigenvalue weighted by Crippen LogP contribution is -2.41. The standard InChI is InChI=1S/C18H25NO5S/c1-12(2)11-16(18(21)22)19-17(20)13-7-9-15(10-8-13)25(23,24)14-5-3-4-6-14/h7-10,12,14,16H,3-6,11H2,1-2H3,(H,19,20)(H,21,22). The van der Waals surface area contributed by atoms with Crippen molar-refractivity contribution in [3.8, 4) is 0 Å². The highest BCUT2D eigenvalue weighted by atomic mass is 32.2. The molecule has 1 atom stereocenters. The summed E-state index contributed by atoms with van der Waals surface area (Å²) in [4.78, 5) is 23.7. The van der Waals surface area contributed by atoms with E-state index in [4.69, 9.17) is 0 Å². The Morgan fingerprint density at radius 1 is 1.16 bits per heavy atom. The Kier molecular flexibility index (Phi) is 6.21. The van der Waals surface area contributed by atoms with Gasteiger partial charge in [-0.2, -0.15) is 0 Å². The number of sulfone groups is 1. The van der Waals surface area contributed by atoms with Crippen LogP contribution in [0.1, 0.15) is 56.3 Å². The SMILES string of the molecule is CC(C)CC(NC(=O)c1ccc(S(=O)(=O)C2CCCC2)cc1)C(=O)O. The van der Waals surface area contributed by atoms with Crippen LogP contribution in [0.3, 0.4) is 0 Å². The molecule has 1 aromatic carbocycles. The second-order valence-corrected chi connectivity index (χ2v) is 9.20. The molecule has 0 spiro atoms. The molecule has 1 aliphatic rings. The van der Waals surface area contributed by atoms with Crippen LogP contribution >= 0.6 is 0 Å². The first-order chi connectivity index (χ1) is 11.7. The van der Waals surface area contributed by atoms with E-state index in [9.17, 15) is 23.1 Å². The smallest absolute Gasteiger partial charge is 0.326 e. The highest BCUT2D eigenvalue weighted by Crippen LogP contribution is 2.29. The maximum absolute atomic E-state index is 12.5. The molecular formula is C18H25NO5S. The third kappa shape index (κ3) is 4.81. The molecule has 2 rings (SSSR count). The summed E-state index contributed by atoms with van der Waals surface area (Å²) < 4.78 is 25.1. The minimum Gasteiger partial charge on any atom is -0.480 e. The van der Waals surface area contributed by atoms with Crippen LogP contribution in [0.25, 0.3) is 0 Å². The minimum atomic E-state index is -3.36. The van der Waals surface area contributed by atoms with Crippen molar-refractivity contribution in [1.82, 2.24) is 5.32 Å². The first-order valence-corrected chi connectivity index (χ1v) is 10.1. The Labute approximate surface area is 148 Å². The van der Waals surface area contributed by atoms with Crippen LogP contribution in [0.5, 0.6) is 0 Å². The molecular weight excluding hydrogens is 342 g/mol. The molecule has 1 unspecified atom stereocenters. The van der Waals surface area contributed by atoms with Gasteiger partial charge in [-0.05, 0) is 49.4 Å². The second-order valence-electron chi connectivity index (χ2n) is 6.97. The first kappa shape index (κ1) is 19.4. The summed E-state index contributed by atoms with van der Waals surface area (Å²) in [6.07, 6.45) is 3.54. The van der Waals surface area contributed by atoms with E-state index >= 15 is 0 Å². The van der Waals surface area contributed by atoms with Crippen LogP contribution in [-0.4, -0.2) is 36.7 Å². The number of carbonyl (C=O) groups is 2. The van der Waals surface area contributed by atoms with Crippen molar-refractivity contribution in [3.05, 3.63) is 29.8 Å². The van der Waals surface area contributed by atoms with Gasteiger partial charge in [0.15, 0.2) is 9.84 Å². The first-order valence-electron chi connectivity index (χ1n) is 8.59. The number of rotatable bonds is 7. The average molecular weight is 367 g/mol. The van der Waals surface area contributed by atoms with Crippen LogP contribution < -0.4 is 5.32 Å². The van der Waals surface area contributed by atoms with Crippen molar-refractivity contribution in [3.63, 3.8) is 0 Å². The van der Waals surface area contributed by atoms with Crippen molar-refractivity contribution in [1.29, 1.82) is 0 Å². The number of benzene rings is 1. The monoisotopic (exact) mass is 367 g/mol. The van der Waals surface area contributed by atoms with Gasteiger partial charge < -0.3 is 10.4 Å². The van der Waals surface area contributed by atoms with Gasteiger partial charge in [0.25, 0.3) is 5.91 Å². The van der Waals surface area contributed by atoms with Gasteiger partial charge in [-0.1, -0.05) is 26.7 Å². The topological polar surface area (TPSA) is 101 Å². The van der Waals surface area contributed by atoms with Crippen LogP contribution in [0.15, 0.2) is 29.2 Å². The van der Waals surface area contributed by atoms with E-state index in [0.717, 1.165) is 12.8 Å². The number of carboxylic acids is 1. The second kappa shape index (κ2) is 7.99. The summed E-state index contributed by atoms with van der Waals surface area (Å²) in [7, 11) is -3.36. The number of amides is 1.